The smallest absolute Gasteiger partial charge is 0.0436 e. The first-order chi connectivity index (χ1) is 8.04. The Balaban J connectivity index is 2.86. The summed E-state index contributed by atoms with van der Waals surface area (Å²) in [5.41, 5.74) is 3.85. The molecule has 2 atom stereocenters. The Morgan fingerprint density at radius 2 is 2.00 bits per heavy atom. The Morgan fingerprint density at radius 1 is 1.29 bits per heavy atom. The molecule has 0 saturated carbocycles. The largest absolute Gasteiger partial charge is 0.309 e. The van der Waals surface area contributed by atoms with Crippen LogP contribution < -0.4 is 5.32 Å². The van der Waals surface area contributed by atoms with E-state index in [0.717, 1.165) is 13.0 Å². The zero-order valence-electron chi connectivity index (χ0n) is 11.2. The molecule has 1 aromatic carbocycles. The van der Waals surface area contributed by atoms with Crippen molar-refractivity contribution in [1.82, 2.24) is 5.32 Å². The van der Waals surface area contributed by atoms with Gasteiger partial charge in [0.1, 0.15) is 0 Å². The third-order valence-electron chi connectivity index (χ3n) is 2.98. The van der Waals surface area contributed by atoms with Crippen molar-refractivity contribution in [2.75, 3.05) is 18.6 Å². The quantitative estimate of drug-likeness (QED) is 0.844. The SMILES string of the molecule is CCCNC(CS(C)=O)c1ccc(C)c(C)c1. The highest BCUT2D eigenvalue weighted by molar-refractivity contribution is 7.84. The van der Waals surface area contributed by atoms with Crippen molar-refractivity contribution in [3.05, 3.63) is 34.9 Å². The fraction of sp³-hybridized carbons (Fsp3) is 0.571. The standard InChI is InChI=1S/C14H23NOS/c1-5-8-15-14(10-17(4)16)13-7-6-11(2)12(3)9-13/h6-7,9,14-15H,5,8,10H2,1-4H3. The minimum absolute atomic E-state index is 0.208. The maximum absolute atomic E-state index is 11.4. The van der Waals surface area contributed by atoms with Crippen LogP contribution in [0.4, 0.5) is 0 Å². The summed E-state index contributed by atoms with van der Waals surface area (Å²) in [5, 5.41) is 3.47. The van der Waals surface area contributed by atoms with Gasteiger partial charge in [0.05, 0.1) is 0 Å². The van der Waals surface area contributed by atoms with E-state index in [4.69, 9.17) is 0 Å². The van der Waals surface area contributed by atoms with Gasteiger partial charge in [-0.05, 0) is 43.5 Å². The predicted molar refractivity (Wildman–Crippen MR) is 75.9 cm³/mol. The monoisotopic (exact) mass is 253 g/mol. The van der Waals surface area contributed by atoms with Crippen LogP contribution in [0.3, 0.4) is 0 Å². The molecule has 2 nitrogen and oxygen atoms in total. The van der Waals surface area contributed by atoms with Crippen molar-refractivity contribution >= 4 is 10.8 Å². The molecule has 0 radical (unpaired) electrons. The van der Waals surface area contributed by atoms with Gasteiger partial charge in [0, 0.05) is 28.9 Å². The summed E-state index contributed by atoms with van der Waals surface area (Å²) in [7, 11) is -0.774. The van der Waals surface area contributed by atoms with Gasteiger partial charge in [0.25, 0.3) is 0 Å². The molecule has 0 aliphatic rings. The zero-order valence-corrected chi connectivity index (χ0v) is 12.1. The highest BCUT2D eigenvalue weighted by Crippen LogP contribution is 2.18. The Morgan fingerprint density at radius 3 is 2.53 bits per heavy atom. The zero-order chi connectivity index (χ0) is 12.8. The summed E-state index contributed by atoms with van der Waals surface area (Å²) < 4.78 is 11.4. The molecule has 1 aromatic rings. The van der Waals surface area contributed by atoms with Gasteiger partial charge in [-0.2, -0.15) is 0 Å². The Hall–Kier alpha value is -0.670. The molecule has 1 rings (SSSR count). The number of nitrogens with one attached hydrogen (secondary N) is 1. The van der Waals surface area contributed by atoms with Crippen LogP contribution in [0.5, 0.6) is 0 Å². The molecule has 0 saturated heterocycles. The van der Waals surface area contributed by atoms with Crippen LogP contribution in [0, 0.1) is 13.8 Å². The van der Waals surface area contributed by atoms with Gasteiger partial charge in [-0.15, -0.1) is 0 Å². The average Bonchev–Trinajstić information content (AvgIpc) is 2.27. The van der Waals surface area contributed by atoms with E-state index in [2.05, 4.69) is 44.3 Å². The molecule has 0 heterocycles. The highest BCUT2D eigenvalue weighted by Gasteiger charge is 2.12. The molecule has 0 aliphatic carbocycles. The van der Waals surface area contributed by atoms with Crippen molar-refractivity contribution in [3.8, 4) is 0 Å². The van der Waals surface area contributed by atoms with Crippen molar-refractivity contribution < 1.29 is 4.21 Å². The molecule has 2 unspecified atom stereocenters. The Bertz CT molecular complexity index is 390. The molecule has 0 fully saturated rings. The first-order valence-electron chi connectivity index (χ1n) is 6.15. The Kier molecular flexibility index (Phi) is 5.86. The molecule has 0 aromatic heterocycles. The molecular weight excluding hydrogens is 230 g/mol. The van der Waals surface area contributed by atoms with Crippen LogP contribution in [0.15, 0.2) is 18.2 Å². The second kappa shape index (κ2) is 6.92. The summed E-state index contributed by atoms with van der Waals surface area (Å²) in [6, 6.07) is 6.70. The lowest BCUT2D eigenvalue weighted by molar-refractivity contribution is 0.570. The van der Waals surface area contributed by atoms with Crippen LogP contribution in [-0.2, 0) is 10.8 Å². The molecular formula is C14H23NOS. The van der Waals surface area contributed by atoms with E-state index in [9.17, 15) is 4.21 Å². The predicted octanol–water partition coefficient (Wildman–Crippen LogP) is 2.72. The normalized spacial score (nSPS) is 14.6. The number of benzene rings is 1. The van der Waals surface area contributed by atoms with Gasteiger partial charge < -0.3 is 5.32 Å². The minimum Gasteiger partial charge on any atom is -0.309 e. The summed E-state index contributed by atoms with van der Waals surface area (Å²) in [6.07, 6.45) is 2.86. The number of rotatable bonds is 6. The molecule has 0 amide bonds. The average molecular weight is 253 g/mol. The van der Waals surface area contributed by atoms with E-state index >= 15 is 0 Å². The number of aryl methyl sites for hydroxylation is 2. The second-order valence-corrected chi connectivity index (χ2v) is 6.07. The van der Waals surface area contributed by atoms with E-state index in [1.54, 1.807) is 6.26 Å². The maximum atomic E-state index is 11.4. The Labute approximate surface area is 107 Å². The second-order valence-electron chi connectivity index (χ2n) is 4.59. The van der Waals surface area contributed by atoms with Crippen molar-refractivity contribution in [3.63, 3.8) is 0 Å². The van der Waals surface area contributed by atoms with Crippen LogP contribution in [0.2, 0.25) is 0 Å². The van der Waals surface area contributed by atoms with E-state index in [1.165, 1.54) is 16.7 Å². The van der Waals surface area contributed by atoms with Crippen molar-refractivity contribution in [2.24, 2.45) is 0 Å². The number of hydrogen-bond donors (Lipinski definition) is 1. The highest BCUT2D eigenvalue weighted by atomic mass is 32.2. The van der Waals surface area contributed by atoms with E-state index in [0.29, 0.717) is 5.75 Å². The number of hydrogen-bond acceptors (Lipinski definition) is 2. The molecule has 3 heteroatoms. The fourth-order valence-electron chi connectivity index (χ4n) is 1.81. The van der Waals surface area contributed by atoms with Crippen LogP contribution >= 0.6 is 0 Å². The fourth-order valence-corrected chi connectivity index (χ4v) is 2.59. The summed E-state index contributed by atoms with van der Waals surface area (Å²) >= 11 is 0. The van der Waals surface area contributed by atoms with E-state index in [1.807, 2.05) is 0 Å². The van der Waals surface area contributed by atoms with E-state index in [-0.39, 0.29) is 6.04 Å². The maximum Gasteiger partial charge on any atom is 0.0436 e. The van der Waals surface area contributed by atoms with Gasteiger partial charge in [0.15, 0.2) is 0 Å². The lowest BCUT2D eigenvalue weighted by Crippen LogP contribution is -2.26. The molecule has 0 aliphatic heterocycles. The third-order valence-corrected chi connectivity index (χ3v) is 3.78. The van der Waals surface area contributed by atoms with Crippen LogP contribution in [0.25, 0.3) is 0 Å². The van der Waals surface area contributed by atoms with E-state index < -0.39 is 10.8 Å². The third kappa shape index (κ3) is 4.60. The molecule has 1 N–H and O–H groups in total. The minimum atomic E-state index is -0.774. The summed E-state index contributed by atoms with van der Waals surface area (Å²) in [5.74, 6) is 0.683. The topological polar surface area (TPSA) is 29.1 Å². The van der Waals surface area contributed by atoms with Gasteiger partial charge >= 0.3 is 0 Å². The lowest BCUT2D eigenvalue weighted by Gasteiger charge is -2.19. The lowest BCUT2D eigenvalue weighted by atomic mass is 10.0. The summed E-state index contributed by atoms with van der Waals surface area (Å²) in [6.45, 7) is 7.35. The first-order valence-corrected chi connectivity index (χ1v) is 7.88. The van der Waals surface area contributed by atoms with Gasteiger partial charge in [-0.1, -0.05) is 25.1 Å². The van der Waals surface area contributed by atoms with Crippen molar-refractivity contribution in [2.45, 2.75) is 33.2 Å². The summed E-state index contributed by atoms with van der Waals surface area (Å²) in [4.78, 5) is 0. The van der Waals surface area contributed by atoms with Gasteiger partial charge in [-0.3, -0.25) is 4.21 Å². The van der Waals surface area contributed by atoms with Crippen LogP contribution in [-0.4, -0.2) is 22.8 Å². The molecule has 0 bridgehead atoms. The van der Waals surface area contributed by atoms with Gasteiger partial charge in [0.2, 0.25) is 0 Å². The van der Waals surface area contributed by atoms with Crippen LogP contribution in [0.1, 0.15) is 36.1 Å². The molecule has 0 spiro atoms. The van der Waals surface area contributed by atoms with Gasteiger partial charge in [-0.25, -0.2) is 0 Å². The molecule has 96 valence electrons. The van der Waals surface area contributed by atoms with Crippen molar-refractivity contribution in [1.29, 1.82) is 0 Å². The molecule has 17 heavy (non-hydrogen) atoms. The first kappa shape index (κ1) is 14.4.